The second-order valence-electron chi connectivity index (χ2n) is 4.97. The predicted molar refractivity (Wildman–Crippen MR) is 78.2 cm³/mol. The van der Waals surface area contributed by atoms with Gasteiger partial charge in [-0.1, -0.05) is 13.8 Å². The summed E-state index contributed by atoms with van der Waals surface area (Å²) in [5.74, 6) is 2.08. The fourth-order valence-corrected chi connectivity index (χ4v) is 1.88. The molecular weight excluding hydrogens is 238 g/mol. The van der Waals surface area contributed by atoms with E-state index in [1.165, 1.54) is 0 Å². The lowest BCUT2D eigenvalue weighted by molar-refractivity contribution is 0.607. The molecule has 0 bridgehead atoms. The van der Waals surface area contributed by atoms with E-state index in [0.29, 0.717) is 24.8 Å². The Hall–Kier alpha value is -1.83. The van der Waals surface area contributed by atoms with Crippen LogP contribution < -0.4 is 10.2 Å². The Bertz CT molecular complexity index is 436. The predicted octanol–water partition coefficient (Wildman–Crippen LogP) is 2.59. The molecule has 0 unspecified atom stereocenters. The smallest absolute Gasteiger partial charge is 0.224 e. The van der Waals surface area contributed by atoms with E-state index in [1.807, 2.05) is 19.9 Å². The minimum atomic E-state index is 0.506. The molecule has 0 atom stereocenters. The summed E-state index contributed by atoms with van der Waals surface area (Å²) in [5, 5.41) is 11.9. The van der Waals surface area contributed by atoms with Gasteiger partial charge in [0.2, 0.25) is 5.95 Å². The molecule has 0 radical (unpaired) electrons. The highest BCUT2D eigenvalue weighted by atomic mass is 15.2. The second-order valence-corrected chi connectivity index (χ2v) is 4.97. The van der Waals surface area contributed by atoms with Gasteiger partial charge in [0.15, 0.2) is 0 Å². The Morgan fingerprint density at radius 1 is 1.42 bits per heavy atom. The number of nitriles is 1. The number of nitrogens with one attached hydrogen (secondary N) is 1. The highest BCUT2D eigenvalue weighted by molar-refractivity contribution is 5.44. The lowest BCUT2D eigenvalue weighted by atomic mass is 10.2. The summed E-state index contributed by atoms with van der Waals surface area (Å²) < 4.78 is 0. The van der Waals surface area contributed by atoms with Crippen LogP contribution >= 0.6 is 0 Å². The van der Waals surface area contributed by atoms with Gasteiger partial charge in [0.1, 0.15) is 5.82 Å². The Morgan fingerprint density at radius 2 is 2.16 bits per heavy atom. The summed E-state index contributed by atoms with van der Waals surface area (Å²) in [6, 6.07) is 4.17. The van der Waals surface area contributed by atoms with Gasteiger partial charge in [0.25, 0.3) is 0 Å². The van der Waals surface area contributed by atoms with Gasteiger partial charge in [-0.3, -0.25) is 0 Å². The van der Waals surface area contributed by atoms with Gasteiger partial charge in [-0.05, 0) is 19.8 Å². The molecule has 0 aliphatic rings. The average Bonchev–Trinajstić information content (AvgIpc) is 2.33. The maximum atomic E-state index is 8.77. The third-order valence-corrected chi connectivity index (χ3v) is 2.58. The van der Waals surface area contributed by atoms with Gasteiger partial charge in [0, 0.05) is 31.4 Å². The van der Waals surface area contributed by atoms with E-state index in [-0.39, 0.29) is 0 Å². The highest BCUT2D eigenvalue weighted by Gasteiger charge is 2.12. The first-order valence-corrected chi connectivity index (χ1v) is 6.78. The molecule has 0 aromatic carbocycles. The summed E-state index contributed by atoms with van der Waals surface area (Å²) in [4.78, 5) is 11.0. The number of aryl methyl sites for hydroxylation is 1. The van der Waals surface area contributed by atoms with E-state index in [4.69, 9.17) is 5.26 Å². The van der Waals surface area contributed by atoms with E-state index in [2.05, 4.69) is 40.1 Å². The van der Waals surface area contributed by atoms with Crippen LogP contribution in [0.15, 0.2) is 6.07 Å². The first kappa shape index (κ1) is 15.2. The maximum absolute atomic E-state index is 8.77. The van der Waals surface area contributed by atoms with Crippen LogP contribution in [0.5, 0.6) is 0 Å². The van der Waals surface area contributed by atoms with Crippen LogP contribution in [0, 0.1) is 24.2 Å². The summed E-state index contributed by atoms with van der Waals surface area (Å²) in [6.45, 7) is 10.7. The molecule has 104 valence electrons. The van der Waals surface area contributed by atoms with Crippen LogP contribution in [0.1, 0.15) is 32.9 Å². The number of aromatic nitrogens is 2. The first-order chi connectivity index (χ1) is 9.06. The number of nitrogens with zero attached hydrogens (tertiary/aromatic N) is 4. The summed E-state index contributed by atoms with van der Waals surface area (Å²) in [5.41, 5.74) is 0.937. The molecule has 0 spiro atoms. The quantitative estimate of drug-likeness (QED) is 0.817. The Kier molecular flexibility index (Phi) is 6.07. The first-order valence-electron chi connectivity index (χ1n) is 6.78. The molecule has 5 heteroatoms. The topological polar surface area (TPSA) is 64.8 Å². The molecule has 5 nitrogen and oxygen atoms in total. The monoisotopic (exact) mass is 261 g/mol. The minimum absolute atomic E-state index is 0.506. The zero-order valence-corrected chi connectivity index (χ0v) is 12.3. The molecule has 0 aliphatic carbocycles. The van der Waals surface area contributed by atoms with Crippen LogP contribution in [0.3, 0.4) is 0 Å². The molecular formula is C14H23N5. The lowest BCUT2D eigenvalue weighted by Crippen LogP contribution is -2.29. The molecule has 0 fully saturated rings. The van der Waals surface area contributed by atoms with Crippen molar-refractivity contribution in [2.24, 2.45) is 5.92 Å². The number of hydrogen-bond donors (Lipinski definition) is 1. The highest BCUT2D eigenvalue weighted by Crippen LogP contribution is 2.16. The molecule has 1 aromatic rings. The number of rotatable bonds is 7. The van der Waals surface area contributed by atoms with Crippen LogP contribution in [0.4, 0.5) is 11.8 Å². The minimum Gasteiger partial charge on any atom is -0.355 e. The normalized spacial score (nSPS) is 10.3. The van der Waals surface area contributed by atoms with Crippen molar-refractivity contribution in [1.82, 2.24) is 9.97 Å². The average molecular weight is 261 g/mol. The third kappa shape index (κ3) is 5.12. The van der Waals surface area contributed by atoms with Crippen molar-refractivity contribution in [3.05, 3.63) is 11.8 Å². The Balaban J connectivity index is 2.96. The van der Waals surface area contributed by atoms with E-state index in [1.54, 1.807) is 0 Å². The van der Waals surface area contributed by atoms with Gasteiger partial charge >= 0.3 is 0 Å². The van der Waals surface area contributed by atoms with Gasteiger partial charge < -0.3 is 10.2 Å². The second kappa shape index (κ2) is 7.57. The number of hydrogen-bond acceptors (Lipinski definition) is 5. The van der Waals surface area contributed by atoms with Crippen molar-refractivity contribution in [1.29, 1.82) is 5.26 Å². The van der Waals surface area contributed by atoms with Crippen LogP contribution in [0.25, 0.3) is 0 Å². The van der Waals surface area contributed by atoms with Gasteiger partial charge in [0.05, 0.1) is 12.5 Å². The van der Waals surface area contributed by atoms with E-state index in [9.17, 15) is 0 Å². The van der Waals surface area contributed by atoms with E-state index in [0.717, 1.165) is 24.6 Å². The largest absolute Gasteiger partial charge is 0.355 e. The Morgan fingerprint density at radius 3 is 2.74 bits per heavy atom. The lowest BCUT2D eigenvalue weighted by Gasteiger charge is -2.25. The van der Waals surface area contributed by atoms with Gasteiger partial charge in [-0.15, -0.1) is 0 Å². The van der Waals surface area contributed by atoms with Gasteiger partial charge in [-0.2, -0.15) is 10.2 Å². The van der Waals surface area contributed by atoms with Crippen molar-refractivity contribution < 1.29 is 0 Å². The van der Waals surface area contributed by atoms with E-state index >= 15 is 0 Å². The zero-order valence-electron chi connectivity index (χ0n) is 12.3. The molecule has 1 N–H and O–H groups in total. The van der Waals surface area contributed by atoms with Crippen molar-refractivity contribution in [3.8, 4) is 6.07 Å². The van der Waals surface area contributed by atoms with Crippen molar-refractivity contribution >= 4 is 11.8 Å². The molecule has 1 aromatic heterocycles. The molecule has 1 rings (SSSR count). The molecule has 0 saturated heterocycles. The fourth-order valence-electron chi connectivity index (χ4n) is 1.88. The van der Waals surface area contributed by atoms with Crippen LogP contribution in [-0.4, -0.2) is 29.6 Å². The third-order valence-electron chi connectivity index (χ3n) is 2.58. The van der Waals surface area contributed by atoms with E-state index < -0.39 is 0 Å². The molecule has 0 amide bonds. The summed E-state index contributed by atoms with van der Waals surface area (Å²) in [7, 11) is 0. The van der Waals surface area contributed by atoms with Crippen LogP contribution in [0.2, 0.25) is 0 Å². The van der Waals surface area contributed by atoms with Crippen molar-refractivity contribution in [3.63, 3.8) is 0 Å². The van der Waals surface area contributed by atoms with Crippen LogP contribution in [-0.2, 0) is 0 Å². The SMILES string of the molecule is CCNc1nc(C)cc(N(CCC#N)CC(C)C)n1. The Labute approximate surface area is 115 Å². The zero-order chi connectivity index (χ0) is 14.3. The van der Waals surface area contributed by atoms with Gasteiger partial charge in [-0.25, -0.2) is 4.98 Å². The van der Waals surface area contributed by atoms with Crippen molar-refractivity contribution in [2.75, 3.05) is 29.9 Å². The summed E-state index contributed by atoms with van der Waals surface area (Å²) in [6.07, 6.45) is 0.506. The molecule has 19 heavy (non-hydrogen) atoms. The summed E-state index contributed by atoms with van der Waals surface area (Å²) >= 11 is 0. The van der Waals surface area contributed by atoms with Crippen molar-refractivity contribution in [2.45, 2.75) is 34.1 Å². The fraction of sp³-hybridized carbons (Fsp3) is 0.643. The number of anilines is 2. The molecule has 0 saturated carbocycles. The maximum Gasteiger partial charge on any atom is 0.224 e. The molecule has 0 aliphatic heterocycles. The standard InChI is InChI=1S/C14H23N5/c1-5-16-14-17-12(4)9-13(18-14)19(8-6-7-15)10-11(2)3/h9,11H,5-6,8,10H2,1-4H3,(H,16,17,18). The molecule has 1 heterocycles.